The standard InChI is InChI=1S/C14H14F2N4O4S/c15-9-3-1-4-10(16)8(9)7-25(22,23)20-6-2-5-11(20)14-18-13(12(17)21)19-24-14/h1,3-4,11H,2,5-7H2,(H2,17,21)/t11-/m0/s1. The lowest BCUT2D eigenvalue weighted by Crippen LogP contribution is -2.32. The van der Waals surface area contributed by atoms with Crippen molar-refractivity contribution in [2.75, 3.05) is 6.54 Å². The maximum atomic E-state index is 13.8. The van der Waals surface area contributed by atoms with Crippen LogP contribution in [0, 0.1) is 11.6 Å². The number of sulfonamides is 1. The van der Waals surface area contributed by atoms with Crippen LogP contribution < -0.4 is 5.73 Å². The summed E-state index contributed by atoms with van der Waals surface area (Å²) in [6.45, 7) is 0.136. The Bertz CT molecular complexity index is 895. The van der Waals surface area contributed by atoms with Gasteiger partial charge in [0.2, 0.25) is 15.9 Å². The molecule has 0 aliphatic carbocycles. The molecule has 134 valence electrons. The molecule has 1 aromatic heterocycles. The van der Waals surface area contributed by atoms with E-state index in [1.54, 1.807) is 0 Å². The van der Waals surface area contributed by atoms with Crippen molar-refractivity contribution < 1.29 is 26.5 Å². The molecule has 1 aliphatic rings. The Morgan fingerprint density at radius 3 is 2.64 bits per heavy atom. The molecule has 1 amide bonds. The Labute approximate surface area is 141 Å². The van der Waals surface area contributed by atoms with E-state index in [1.807, 2.05) is 0 Å². The Morgan fingerprint density at radius 1 is 1.36 bits per heavy atom. The average molecular weight is 372 g/mol. The molecule has 8 nitrogen and oxygen atoms in total. The Kier molecular flexibility index (Phi) is 4.52. The van der Waals surface area contributed by atoms with E-state index in [-0.39, 0.29) is 18.3 Å². The molecule has 1 fully saturated rings. The van der Waals surface area contributed by atoms with Gasteiger partial charge in [-0.3, -0.25) is 4.79 Å². The fourth-order valence-electron chi connectivity index (χ4n) is 2.73. The topological polar surface area (TPSA) is 119 Å². The third-order valence-corrected chi connectivity index (χ3v) is 5.70. The summed E-state index contributed by atoms with van der Waals surface area (Å²) in [5.74, 6) is -4.06. The molecule has 1 saturated heterocycles. The van der Waals surface area contributed by atoms with Crippen LogP contribution in [0.2, 0.25) is 0 Å². The summed E-state index contributed by atoms with van der Waals surface area (Å²) in [4.78, 5) is 14.8. The molecule has 3 rings (SSSR count). The van der Waals surface area contributed by atoms with Crippen LogP contribution in [-0.4, -0.2) is 35.3 Å². The van der Waals surface area contributed by atoms with Crippen molar-refractivity contribution in [1.82, 2.24) is 14.4 Å². The predicted octanol–water partition coefficient (Wildman–Crippen LogP) is 1.11. The monoisotopic (exact) mass is 372 g/mol. The summed E-state index contributed by atoms with van der Waals surface area (Å²) in [6.07, 6.45) is 0.872. The molecule has 2 heterocycles. The molecular weight excluding hydrogens is 358 g/mol. The lowest BCUT2D eigenvalue weighted by Gasteiger charge is -2.21. The van der Waals surface area contributed by atoms with Crippen molar-refractivity contribution in [1.29, 1.82) is 0 Å². The zero-order chi connectivity index (χ0) is 18.2. The largest absolute Gasteiger partial charge is 0.363 e. The third-order valence-electron chi connectivity index (χ3n) is 3.90. The molecule has 0 unspecified atom stereocenters. The second kappa shape index (κ2) is 6.48. The van der Waals surface area contributed by atoms with Gasteiger partial charge in [0.25, 0.3) is 11.7 Å². The van der Waals surface area contributed by atoms with E-state index in [0.717, 1.165) is 22.5 Å². The number of carbonyl (C=O) groups excluding carboxylic acids is 1. The molecule has 1 aliphatic heterocycles. The number of rotatable bonds is 5. The molecular formula is C14H14F2N4O4S. The normalized spacial score (nSPS) is 18.6. The minimum absolute atomic E-state index is 0.0797. The molecule has 0 saturated carbocycles. The molecule has 11 heteroatoms. The Balaban J connectivity index is 1.89. The SMILES string of the molecule is NC(=O)c1noc([C@@H]2CCCN2S(=O)(=O)Cc2c(F)cccc2F)n1. The van der Waals surface area contributed by atoms with Crippen LogP contribution in [-0.2, 0) is 15.8 Å². The fourth-order valence-corrected chi connectivity index (χ4v) is 4.52. The van der Waals surface area contributed by atoms with Crippen molar-refractivity contribution in [3.05, 3.63) is 47.1 Å². The first-order valence-corrected chi connectivity index (χ1v) is 8.96. The first kappa shape index (κ1) is 17.4. The Hall–Kier alpha value is -2.40. The van der Waals surface area contributed by atoms with Crippen molar-refractivity contribution in [2.24, 2.45) is 5.73 Å². The maximum absolute atomic E-state index is 13.8. The number of nitrogens with zero attached hydrogens (tertiary/aromatic N) is 3. The van der Waals surface area contributed by atoms with Crippen molar-refractivity contribution in [2.45, 2.75) is 24.6 Å². The van der Waals surface area contributed by atoms with Gasteiger partial charge in [-0.2, -0.15) is 9.29 Å². The van der Waals surface area contributed by atoms with Gasteiger partial charge in [-0.05, 0) is 25.0 Å². The van der Waals surface area contributed by atoms with E-state index in [9.17, 15) is 22.0 Å². The molecule has 25 heavy (non-hydrogen) atoms. The second-order valence-electron chi connectivity index (χ2n) is 5.55. The van der Waals surface area contributed by atoms with Gasteiger partial charge in [-0.25, -0.2) is 17.2 Å². The van der Waals surface area contributed by atoms with Crippen molar-refractivity contribution in [3.8, 4) is 0 Å². The predicted molar refractivity (Wildman–Crippen MR) is 80.5 cm³/mol. The number of hydrogen-bond donors (Lipinski definition) is 1. The molecule has 2 N–H and O–H groups in total. The quantitative estimate of drug-likeness (QED) is 0.840. The van der Waals surface area contributed by atoms with Crippen LogP contribution in [0.5, 0.6) is 0 Å². The van der Waals surface area contributed by atoms with Crippen LogP contribution in [0.25, 0.3) is 0 Å². The summed E-state index contributed by atoms with van der Waals surface area (Å²) >= 11 is 0. The third kappa shape index (κ3) is 3.37. The van der Waals surface area contributed by atoms with Gasteiger partial charge in [0.1, 0.15) is 17.7 Å². The van der Waals surface area contributed by atoms with Crippen LogP contribution >= 0.6 is 0 Å². The van der Waals surface area contributed by atoms with Crippen LogP contribution in [0.3, 0.4) is 0 Å². The van der Waals surface area contributed by atoms with E-state index < -0.39 is 44.9 Å². The van der Waals surface area contributed by atoms with Gasteiger partial charge in [0.05, 0.1) is 5.75 Å². The van der Waals surface area contributed by atoms with Crippen LogP contribution in [0.4, 0.5) is 8.78 Å². The van der Waals surface area contributed by atoms with Gasteiger partial charge in [-0.1, -0.05) is 11.2 Å². The van der Waals surface area contributed by atoms with Gasteiger partial charge >= 0.3 is 0 Å². The number of primary amides is 1. The van der Waals surface area contributed by atoms with Gasteiger partial charge in [-0.15, -0.1) is 0 Å². The molecule has 0 spiro atoms. The first-order valence-electron chi connectivity index (χ1n) is 7.35. The van der Waals surface area contributed by atoms with E-state index >= 15 is 0 Å². The summed E-state index contributed by atoms with van der Waals surface area (Å²) in [6, 6.07) is 2.34. The summed E-state index contributed by atoms with van der Waals surface area (Å²) < 4.78 is 58.8. The van der Waals surface area contributed by atoms with E-state index in [1.165, 1.54) is 0 Å². The van der Waals surface area contributed by atoms with E-state index in [2.05, 4.69) is 10.1 Å². The van der Waals surface area contributed by atoms with Crippen molar-refractivity contribution in [3.63, 3.8) is 0 Å². The molecule has 1 aromatic carbocycles. The Morgan fingerprint density at radius 2 is 2.04 bits per heavy atom. The smallest absolute Gasteiger partial charge is 0.290 e. The highest BCUT2D eigenvalue weighted by atomic mass is 32.2. The number of benzene rings is 1. The van der Waals surface area contributed by atoms with Crippen LogP contribution in [0.1, 0.15) is 41.0 Å². The van der Waals surface area contributed by atoms with Crippen molar-refractivity contribution >= 4 is 15.9 Å². The average Bonchev–Trinajstić information content (AvgIpc) is 3.19. The highest BCUT2D eigenvalue weighted by Gasteiger charge is 2.39. The van der Waals surface area contributed by atoms with E-state index in [0.29, 0.717) is 12.8 Å². The zero-order valence-electron chi connectivity index (χ0n) is 12.9. The summed E-state index contributed by atoms with van der Waals surface area (Å²) in [5, 5.41) is 3.39. The second-order valence-corrected chi connectivity index (χ2v) is 7.47. The minimum atomic E-state index is -4.06. The minimum Gasteiger partial charge on any atom is -0.363 e. The molecule has 0 bridgehead atoms. The van der Waals surface area contributed by atoms with E-state index in [4.69, 9.17) is 10.3 Å². The number of aromatic nitrogens is 2. The molecule has 2 aromatic rings. The maximum Gasteiger partial charge on any atom is 0.290 e. The number of carbonyl (C=O) groups is 1. The molecule has 0 radical (unpaired) electrons. The number of nitrogens with two attached hydrogens (primary N) is 1. The lowest BCUT2D eigenvalue weighted by molar-refractivity contribution is 0.0987. The van der Waals surface area contributed by atoms with Gasteiger partial charge in [0, 0.05) is 12.1 Å². The zero-order valence-corrected chi connectivity index (χ0v) is 13.7. The van der Waals surface area contributed by atoms with Gasteiger partial charge < -0.3 is 10.3 Å². The fraction of sp³-hybridized carbons (Fsp3) is 0.357. The molecule has 1 atom stereocenters. The highest BCUT2D eigenvalue weighted by molar-refractivity contribution is 7.88. The van der Waals surface area contributed by atoms with Crippen LogP contribution in [0.15, 0.2) is 22.7 Å². The first-order chi connectivity index (χ1) is 11.8. The summed E-state index contributed by atoms with van der Waals surface area (Å²) in [5.41, 5.74) is 4.51. The highest BCUT2D eigenvalue weighted by Crippen LogP contribution is 2.34. The number of hydrogen-bond acceptors (Lipinski definition) is 6. The summed E-state index contributed by atoms with van der Waals surface area (Å²) in [7, 11) is -4.06. The number of amides is 1. The lowest BCUT2D eigenvalue weighted by atomic mass is 10.2. The van der Waals surface area contributed by atoms with Gasteiger partial charge in [0.15, 0.2) is 0 Å². The number of halogens is 2.